The van der Waals surface area contributed by atoms with Crippen LogP contribution in [0.3, 0.4) is 0 Å². The second-order valence-corrected chi connectivity index (χ2v) is 6.89. The van der Waals surface area contributed by atoms with E-state index in [1.54, 1.807) is 43.6 Å². The Morgan fingerprint density at radius 1 is 1.06 bits per heavy atom. The summed E-state index contributed by atoms with van der Waals surface area (Å²) in [4.78, 5) is 21.0. The molecule has 1 atom stereocenters. The van der Waals surface area contributed by atoms with Gasteiger partial charge < -0.3 is 18.7 Å². The largest absolute Gasteiger partial charge is 0.493 e. The zero-order chi connectivity index (χ0) is 22.3. The summed E-state index contributed by atoms with van der Waals surface area (Å²) in [5.74, 6) is 0.967. The molecular weight excluding hydrogens is 410 g/mol. The molecule has 162 valence electrons. The monoisotopic (exact) mass is 431 g/mol. The fourth-order valence-electron chi connectivity index (χ4n) is 2.94. The van der Waals surface area contributed by atoms with Gasteiger partial charge in [0.2, 0.25) is 5.82 Å². The fraction of sp³-hybridized carbons (Fsp3) is 0.167. The first-order valence-corrected chi connectivity index (χ1v) is 9.94. The molecule has 8 nitrogen and oxygen atoms in total. The summed E-state index contributed by atoms with van der Waals surface area (Å²) in [7, 11) is 1.51. The molecule has 0 saturated carbocycles. The number of ether oxygens (including phenoxy) is 3. The van der Waals surface area contributed by atoms with E-state index in [0.29, 0.717) is 35.1 Å². The number of aromatic nitrogens is 3. The summed E-state index contributed by atoms with van der Waals surface area (Å²) in [6.07, 6.45) is 2.54. The predicted octanol–water partition coefficient (Wildman–Crippen LogP) is 4.64. The molecule has 0 aliphatic rings. The Morgan fingerprint density at radius 2 is 1.91 bits per heavy atom. The lowest BCUT2D eigenvalue weighted by Gasteiger charge is -2.13. The lowest BCUT2D eigenvalue weighted by atomic mass is 10.2. The van der Waals surface area contributed by atoms with Gasteiger partial charge in [0.25, 0.3) is 5.89 Å². The van der Waals surface area contributed by atoms with Gasteiger partial charge in [-0.3, -0.25) is 4.98 Å². The van der Waals surface area contributed by atoms with E-state index in [-0.39, 0.29) is 5.89 Å². The minimum Gasteiger partial charge on any atom is -0.493 e. The summed E-state index contributed by atoms with van der Waals surface area (Å²) < 4.78 is 22.0. The van der Waals surface area contributed by atoms with E-state index in [2.05, 4.69) is 15.1 Å². The highest BCUT2D eigenvalue weighted by Gasteiger charge is 2.21. The van der Waals surface area contributed by atoms with E-state index in [1.807, 2.05) is 36.4 Å². The Kier molecular flexibility index (Phi) is 6.41. The first-order chi connectivity index (χ1) is 15.6. The molecule has 1 unspecified atom stereocenters. The van der Waals surface area contributed by atoms with E-state index in [4.69, 9.17) is 18.7 Å². The van der Waals surface area contributed by atoms with Crippen LogP contribution in [0.2, 0.25) is 0 Å². The van der Waals surface area contributed by atoms with Gasteiger partial charge in [-0.25, -0.2) is 4.79 Å². The Morgan fingerprint density at radius 3 is 2.66 bits per heavy atom. The number of nitrogens with zero attached hydrogens (tertiary/aromatic N) is 3. The lowest BCUT2D eigenvalue weighted by Crippen LogP contribution is -2.10. The molecule has 0 spiro atoms. The number of carbonyl (C=O) groups is 1. The molecule has 0 aliphatic heterocycles. The van der Waals surface area contributed by atoms with Crippen LogP contribution in [0.1, 0.15) is 34.8 Å². The van der Waals surface area contributed by atoms with E-state index in [0.717, 1.165) is 5.56 Å². The second-order valence-electron chi connectivity index (χ2n) is 6.89. The van der Waals surface area contributed by atoms with E-state index < -0.39 is 12.1 Å². The molecular formula is C24H21N3O5. The van der Waals surface area contributed by atoms with Crippen molar-refractivity contribution in [2.75, 3.05) is 7.11 Å². The van der Waals surface area contributed by atoms with E-state index in [1.165, 1.54) is 7.11 Å². The molecule has 4 rings (SSSR count). The number of rotatable bonds is 8. The zero-order valence-electron chi connectivity index (χ0n) is 17.6. The predicted molar refractivity (Wildman–Crippen MR) is 115 cm³/mol. The summed E-state index contributed by atoms with van der Waals surface area (Å²) in [6, 6.07) is 18.2. The van der Waals surface area contributed by atoms with Gasteiger partial charge in [0.1, 0.15) is 6.61 Å². The van der Waals surface area contributed by atoms with Crippen molar-refractivity contribution in [1.29, 1.82) is 0 Å². The van der Waals surface area contributed by atoms with Crippen LogP contribution in [0, 0.1) is 0 Å². The highest BCUT2D eigenvalue weighted by Crippen LogP contribution is 2.30. The van der Waals surface area contributed by atoms with Crippen molar-refractivity contribution in [3.63, 3.8) is 0 Å². The van der Waals surface area contributed by atoms with Gasteiger partial charge in [0.15, 0.2) is 17.6 Å². The quantitative estimate of drug-likeness (QED) is 0.372. The molecule has 32 heavy (non-hydrogen) atoms. The third-order valence-electron chi connectivity index (χ3n) is 4.63. The number of carbonyl (C=O) groups excluding carboxylic acids is 1. The van der Waals surface area contributed by atoms with Crippen molar-refractivity contribution in [1.82, 2.24) is 15.1 Å². The Hall–Kier alpha value is -4.20. The summed E-state index contributed by atoms with van der Waals surface area (Å²) in [5.41, 5.74) is 2.04. The normalized spacial score (nSPS) is 11.6. The molecule has 0 N–H and O–H groups in total. The van der Waals surface area contributed by atoms with Crippen LogP contribution in [-0.2, 0) is 11.3 Å². The average molecular weight is 431 g/mol. The van der Waals surface area contributed by atoms with Gasteiger partial charge in [-0.05, 0) is 42.8 Å². The lowest BCUT2D eigenvalue weighted by molar-refractivity contribution is 0.0265. The van der Waals surface area contributed by atoms with Crippen LogP contribution >= 0.6 is 0 Å². The molecule has 0 amide bonds. The Bertz CT molecular complexity index is 1180. The summed E-state index contributed by atoms with van der Waals surface area (Å²) >= 11 is 0. The second kappa shape index (κ2) is 9.74. The molecule has 0 saturated heterocycles. The SMILES string of the molecule is COc1cc(C(=O)OC(C)c2nc(-c3cccnc3)no2)ccc1OCc1ccccc1. The van der Waals surface area contributed by atoms with Crippen LogP contribution in [0.25, 0.3) is 11.4 Å². The van der Waals surface area contributed by atoms with Crippen molar-refractivity contribution in [2.45, 2.75) is 19.6 Å². The van der Waals surface area contributed by atoms with Crippen molar-refractivity contribution in [2.24, 2.45) is 0 Å². The van der Waals surface area contributed by atoms with Gasteiger partial charge in [-0.1, -0.05) is 35.5 Å². The highest BCUT2D eigenvalue weighted by molar-refractivity contribution is 5.90. The van der Waals surface area contributed by atoms with E-state index in [9.17, 15) is 4.79 Å². The maximum Gasteiger partial charge on any atom is 0.339 e. The number of pyridine rings is 1. The minimum atomic E-state index is -0.736. The molecule has 2 aromatic carbocycles. The molecule has 4 aromatic rings. The van der Waals surface area contributed by atoms with Crippen molar-refractivity contribution in [3.05, 3.63) is 90.1 Å². The van der Waals surface area contributed by atoms with Crippen molar-refractivity contribution in [3.8, 4) is 22.9 Å². The van der Waals surface area contributed by atoms with E-state index >= 15 is 0 Å². The first kappa shape index (κ1) is 21.0. The topological polar surface area (TPSA) is 96.6 Å². The summed E-state index contributed by atoms with van der Waals surface area (Å²) in [5, 5.41) is 3.92. The number of hydrogen-bond donors (Lipinski definition) is 0. The van der Waals surface area contributed by atoms with Gasteiger partial charge in [-0.2, -0.15) is 4.98 Å². The fourth-order valence-corrected chi connectivity index (χ4v) is 2.94. The third kappa shape index (κ3) is 4.92. The van der Waals surface area contributed by atoms with Gasteiger partial charge in [-0.15, -0.1) is 0 Å². The summed E-state index contributed by atoms with van der Waals surface area (Å²) in [6.45, 7) is 2.04. The van der Waals surface area contributed by atoms with Crippen LogP contribution in [-0.4, -0.2) is 28.2 Å². The van der Waals surface area contributed by atoms with Crippen LogP contribution < -0.4 is 9.47 Å². The third-order valence-corrected chi connectivity index (χ3v) is 4.63. The van der Waals surface area contributed by atoms with Gasteiger partial charge >= 0.3 is 5.97 Å². The number of hydrogen-bond acceptors (Lipinski definition) is 8. The van der Waals surface area contributed by atoms with Crippen molar-refractivity contribution < 1.29 is 23.5 Å². The standard InChI is InChI=1S/C24H21N3O5/c1-16(23-26-22(27-32-23)19-9-6-12-25-14-19)31-24(28)18-10-11-20(21(13-18)29-2)30-15-17-7-4-3-5-8-17/h3-14,16H,15H2,1-2H3. The molecule has 0 radical (unpaired) electrons. The van der Waals surface area contributed by atoms with Gasteiger partial charge in [0.05, 0.1) is 12.7 Å². The molecule has 2 heterocycles. The van der Waals surface area contributed by atoms with Crippen LogP contribution in [0.15, 0.2) is 77.6 Å². The van der Waals surface area contributed by atoms with Crippen LogP contribution in [0.5, 0.6) is 11.5 Å². The van der Waals surface area contributed by atoms with Crippen molar-refractivity contribution >= 4 is 5.97 Å². The van der Waals surface area contributed by atoms with Crippen LogP contribution in [0.4, 0.5) is 0 Å². The number of esters is 1. The van der Waals surface area contributed by atoms with Gasteiger partial charge in [0, 0.05) is 18.0 Å². The first-order valence-electron chi connectivity index (χ1n) is 9.94. The minimum absolute atomic E-state index is 0.187. The molecule has 2 aromatic heterocycles. The molecule has 0 bridgehead atoms. The highest BCUT2D eigenvalue weighted by atomic mass is 16.6. The maximum atomic E-state index is 12.6. The number of methoxy groups -OCH3 is 1. The Labute approximate surface area is 184 Å². The average Bonchev–Trinajstić information content (AvgIpc) is 3.34. The Balaban J connectivity index is 1.42. The zero-order valence-corrected chi connectivity index (χ0v) is 17.6. The molecule has 0 fully saturated rings. The number of benzene rings is 2. The molecule has 0 aliphatic carbocycles. The maximum absolute atomic E-state index is 12.6. The molecule has 8 heteroatoms. The smallest absolute Gasteiger partial charge is 0.339 e.